The minimum atomic E-state index is 0.0482. The molecule has 5 rings (SSSR count). The van der Waals surface area contributed by atoms with Crippen LogP contribution in [-0.2, 0) is 16.0 Å². The van der Waals surface area contributed by atoms with E-state index in [1.54, 1.807) is 15.9 Å². The van der Waals surface area contributed by atoms with Gasteiger partial charge in [-0.1, -0.05) is 23.5 Å². The van der Waals surface area contributed by atoms with Crippen molar-refractivity contribution >= 4 is 38.4 Å². The fourth-order valence-corrected chi connectivity index (χ4v) is 5.13. The maximum Gasteiger partial charge on any atom is 0.252 e. The van der Waals surface area contributed by atoms with Crippen LogP contribution in [0.5, 0.6) is 0 Å². The molecule has 1 aliphatic rings. The molecular formula is C22H24N6O2S. The molecule has 0 aliphatic carbocycles. The second-order valence-corrected chi connectivity index (χ2v) is 8.85. The van der Waals surface area contributed by atoms with Gasteiger partial charge in [0.25, 0.3) is 5.78 Å². The molecule has 1 aliphatic heterocycles. The van der Waals surface area contributed by atoms with Gasteiger partial charge in [-0.2, -0.15) is 10.1 Å². The number of carbonyl (C=O) groups excluding carboxylic acids is 1. The molecule has 4 aromatic rings. The van der Waals surface area contributed by atoms with E-state index in [2.05, 4.69) is 15.1 Å². The molecular weight excluding hydrogens is 412 g/mol. The Morgan fingerprint density at radius 2 is 2.16 bits per heavy atom. The Bertz CT molecular complexity index is 1210. The number of aromatic nitrogens is 5. The number of rotatable bonds is 6. The molecule has 9 heteroatoms. The zero-order valence-corrected chi connectivity index (χ0v) is 18.4. The first-order valence-corrected chi connectivity index (χ1v) is 11.3. The van der Waals surface area contributed by atoms with E-state index in [0.717, 1.165) is 51.7 Å². The average molecular weight is 437 g/mol. The summed E-state index contributed by atoms with van der Waals surface area (Å²) < 4.78 is 8.63. The summed E-state index contributed by atoms with van der Waals surface area (Å²) in [6.07, 6.45) is 4.53. The van der Waals surface area contributed by atoms with Gasteiger partial charge in [0.1, 0.15) is 6.33 Å². The van der Waals surface area contributed by atoms with Gasteiger partial charge >= 0.3 is 0 Å². The largest absolute Gasteiger partial charge is 0.376 e. The third-order valence-corrected chi connectivity index (χ3v) is 6.86. The zero-order chi connectivity index (χ0) is 21.4. The predicted octanol–water partition coefficient (Wildman–Crippen LogP) is 3.50. The number of thiazole rings is 1. The van der Waals surface area contributed by atoms with E-state index in [1.807, 2.05) is 43.0 Å². The third kappa shape index (κ3) is 3.90. The van der Waals surface area contributed by atoms with Crippen LogP contribution in [-0.4, -0.2) is 49.7 Å². The number of para-hydroxylation sites is 1. The second kappa shape index (κ2) is 8.32. The zero-order valence-electron chi connectivity index (χ0n) is 17.6. The topological polar surface area (TPSA) is 85.5 Å². The molecule has 1 aromatic carbocycles. The minimum Gasteiger partial charge on any atom is -0.376 e. The van der Waals surface area contributed by atoms with Gasteiger partial charge in [0.15, 0.2) is 5.13 Å². The van der Waals surface area contributed by atoms with Crippen molar-refractivity contribution in [2.75, 3.05) is 18.1 Å². The normalized spacial score (nSPS) is 16.4. The number of fused-ring (bicyclic) bond motifs is 2. The summed E-state index contributed by atoms with van der Waals surface area (Å²) in [6, 6.07) is 7.99. The lowest BCUT2D eigenvalue weighted by molar-refractivity contribution is -0.119. The summed E-state index contributed by atoms with van der Waals surface area (Å²) in [7, 11) is 0. The molecule has 1 amide bonds. The van der Waals surface area contributed by atoms with Gasteiger partial charge in [-0.3, -0.25) is 9.69 Å². The Morgan fingerprint density at radius 3 is 2.97 bits per heavy atom. The monoisotopic (exact) mass is 436 g/mol. The number of benzene rings is 1. The van der Waals surface area contributed by atoms with Gasteiger partial charge in [0, 0.05) is 24.4 Å². The number of hydrogen-bond donors (Lipinski definition) is 0. The lowest BCUT2D eigenvalue weighted by atomic mass is 10.1. The Labute approximate surface area is 183 Å². The molecule has 3 aromatic heterocycles. The highest BCUT2D eigenvalue weighted by Gasteiger charge is 2.26. The van der Waals surface area contributed by atoms with Gasteiger partial charge in [-0.15, -0.1) is 0 Å². The molecule has 1 fully saturated rings. The van der Waals surface area contributed by atoms with Crippen molar-refractivity contribution in [3.63, 3.8) is 0 Å². The summed E-state index contributed by atoms with van der Waals surface area (Å²) in [5.74, 6) is 0.631. The van der Waals surface area contributed by atoms with Gasteiger partial charge in [-0.25, -0.2) is 14.5 Å². The molecule has 0 N–H and O–H groups in total. The van der Waals surface area contributed by atoms with Crippen LogP contribution in [0.2, 0.25) is 0 Å². The maximum atomic E-state index is 13.4. The number of carbonyl (C=O) groups is 1. The minimum absolute atomic E-state index is 0.0482. The SMILES string of the molecule is Cc1nc2ncnn2c(C)c1CCC(=O)N(C[C@H]1CCCO1)c1nc2ccccc2s1. The number of amides is 1. The van der Waals surface area contributed by atoms with E-state index in [1.165, 1.54) is 6.33 Å². The molecule has 0 unspecified atom stereocenters. The van der Waals surface area contributed by atoms with E-state index >= 15 is 0 Å². The highest BCUT2D eigenvalue weighted by atomic mass is 32.1. The molecule has 31 heavy (non-hydrogen) atoms. The number of hydrogen-bond acceptors (Lipinski definition) is 7. The van der Waals surface area contributed by atoms with Crippen molar-refractivity contribution < 1.29 is 9.53 Å². The first-order chi connectivity index (χ1) is 15.1. The first-order valence-electron chi connectivity index (χ1n) is 10.5. The molecule has 0 bridgehead atoms. The Morgan fingerprint density at radius 1 is 1.29 bits per heavy atom. The number of nitrogens with zero attached hydrogens (tertiary/aromatic N) is 6. The summed E-state index contributed by atoms with van der Waals surface area (Å²) in [5, 5.41) is 4.98. The third-order valence-electron chi connectivity index (χ3n) is 5.80. The van der Waals surface area contributed by atoms with Crippen molar-refractivity contribution in [1.82, 2.24) is 24.6 Å². The van der Waals surface area contributed by atoms with Crippen LogP contribution in [0.25, 0.3) is 16.0 Å². The number of ether oxygens (including phenoxy) is 1. The Balaban J connectivity index is 1.40. The highest BCUT2D eigenvalue weighted by Crippen LogP contribution is 2.30. The molecule has 4 heterocycles. The van der Waals surface area contributed by atoms with Gasteiger partial charge < -0.3 is 4.74 Å². The van der Waals surface area contributed by atoms with Gasteiger partial charge in [0.2, 0.25) is 5.91 Å². The van der Waals surface area contributed by atoms with Crippen LogP contribution in [0.1, 0.15) is 36.2 Å². The van der Waals surface area contributed by atoms with Crippen molar-refractivity contribution in [1.29, 1.82) is 0 Å². The Kier molecular flexibility index (Phi) is 5.37. The number of aryl methyl sites for hydroxylation is 2. The lowest BCUT2D eigenvalue weighted by Gasteiger charge is -2.23. The van der Waals surface area contributed by atoms with Crippen LogP contribution in [0.15, 0.2) is 30.6 Å². The first kappa shape index (κ1) is 20.0. The predicted molar refractivity (Wildman–Crippen MR) is 120 cm³/mol. The summed E-state index contributed by atoms with van der Waals surface area (Å²) in [4.78, 5) is 28.6. The van der Waals surface area contributed by atoms with Crippen LogP contribution < -0.4 is 4.90 Å². The quantitative estimate of drug-likeness (QED) is 0.460. The standard InChI is InChI=1S/C22H24N6O2S/c1-14-17(15(2)28-21(25-14)23-13-24-28)9-10-20(29)27(12-16-6-5-11-30-16)22-26-18-7-3-4-8-19(18)31-22/h3-4,7-8,13,16H,5-6,9-12H2,1-2H3/t16-/m1/s1. The molecule has 8 nitrogen and oxygen atoms in total. The maximum absolute atomic E-state index is 13.4. The van der Waals surface area contributed by atoms with Crippen molar-refractivity contribution in [3.8, 4) is 0 Å². The van der Waals surface area contributed by atoms with Crippen LogP contribution >= 0.6 is 11.3 Å². The molecule has 0 radical (unpaired) electrons. The average Bonchev–Trinajstić information content (AvgIpc) is 3.51. The molecule has 0 saturated carbocycles. The summed E-state index contributed by atoms with van der Waals surface area (Å²) in [5.41, 5.74) is 3.81. The van der Waals surface area contributed by atoms with E-state index < -0.39 is 0 Å². The van der Waals surface area contributed by atoms with Crippen LogP contribution in [0.3, 0.4) is 0 Å². The van der Waals surface area contributed by atoms with Crippen LogP contribution in [0.4, 0.5) is 5.13 Å². The Hall–Kier alpha value is -2.91. The van der Waals surface area contributed by atoms with E-state index in [9.17, 15) is 4.79 Å². The molecule has 0 spiro atoms. The smallest absolute Gasteiger partial charge is 0.252 e. The molecule has 1 saturated heterocycles. The lowest BCUT2D eigenvalue weighted by Crippen LogP contribution is -2.37. The second-order valence-electron chi connectivity index (χ2n) is 7.84. The van der Waals surface area contributed by atoms with E-state index in [0.29, 0.717) is 25.2 Å². The molecule has 1 atom stereocenters. The van der Waals surface area contributed by atoms with E-state index in [4.69, 9.17) is 9.72 Å². The van der Waals surface area contributed by atoms with E-state index in [-0.39, 0.29) is 12.0 Å². The van der Waals surface area contributed by atoms with Crippen molar-refractivity contribution in [3.05, 3.63) is 47.5 Å². The van der Waals surface area contributed by atoms with Crippen molar-refractivity contribution in [2.24, 2.45) is 0 Å². The fraction of sp³-hybridized carbons (Fsp3) is 0.409. The van der Waals surface area contributed by atoms with Crippen molar-refractivity contribution in [2.45, 2.75) is 45.6 Å². The number of anilines is 1. The highest BCUT2D eigenvalue weighted by molar-refractivity contribution is 7.22. The summed E-state index contributed by atoms with van der Waals surface area (Å²) >= 11 is 1.55. The van der Waals surface area contributed by atoms with Gasteiger partial charge in [-0.05, 0) is 50.8 Å². The van der Waals surface area contributed by atoms with Crippen LogP contribution in [0, 0.1) is 13.8 Å². The van der Waals surface area contributed by atoms with Gasteiger partial charge in [0.05, 0.1) is 22.9 Å². The molecule has 160 valence electrons. The summed E-state index contributed by atoms with van der Waals surface area (Å²) in [6.45, 7) is 5.25. The fourth-order valence-electron chi connectivity index (χ4n) is 4.14.